The molecule has 0 radical (unpaired) electrons. The zero-order valence-corrected chi connectivity index (χ0v) is 7.08. The Morgan fingerprint density at radius 2 is 2.45 bits per heavy atom. The van der Waals surface area contributed by atoms with Crippen LogP contribution in [0.5, 0.6) is 0 Å². The van der Waals surface area contributed by atoms with Crippen LogP contribution in [0.1, 0.15) is 12.6 Å². The zero-order chi connectivity index (χ0) is 8.10. The van der Waals surface area contributed by atoms with Crippen LogP contribution in [0.25, 0.3) is 0 Å². The first kappa shape index (κ1) is 8.27. The third-order valence-electron chi connectivity index (χ3n) is 1.67. The van der Waals surface area contributed by atoms with Crippen LogP contribution in [0, 0.1) is 0 Å². The van der Waals surface area contributed by atoms with E-state index < -0.39 is 0 Å². The van der Waals surface area contributed by atoms with Crippen molar-refractivity contribution in [1.82, 2.24) is 9.78 Å². The molecule has 0 spiro atoms. The van der Waals surface area contributed by atoms with E-state index in [2.05, 4.69) is 12.0 Å². The molecule has 0 N–H and O–H groups in total. The van der Waals surface area contributed by atoms with E-state index in [-0.39, 0.29) is 0 Å². The number of aromatic nitrogens is 2. The second kappa shape index (κ2) is 4.13. The number of hydrogen-bond acceptors (Lipinski definition) is 2. The summed E-state index contributed by atoms with van der Waals surface area (Å²) in [6.07, 6.45) is 2.86. The lowest BCUT2D eigenvalue weighted by atomic mass is 10.3. The molecule has 0 fully saturated rings. The van der Waals surface area contributed by atoms with E-state index >= 15 is 0 Å². The van der Waals surface area contributed by atoms with Crippen molar-refractivity contribution in [2.75, 3.05) is 13.7 Å². The zero-order valence-electron chi connectivity index (χ0n) is 7.08. The Balaban J connectivity index is 2.54. The maximum Gasteiger partial charge on any atom is 0.0658 e. The van der Waals surface area contributed by atoms with Crippen LogP contribution in [-0.4, -0.2) is 23.5 Å². The van der Waals surface area contributed by atoms with Crippen LogP contribution in [0.15, 0.2) is 12.3 Å². The van der Waals surface area contributed by atoms with Gasteiger partial charge in [-0.05, 0) is 12.5 Å². The summed E-state index contributed by atoms with van der Waals surface area (Å²) in [7, 11) is 1.70. The predicted octanol–water partition coefficient (Wildman–Crippen LogP) is 1.09. The first-order valence-electron chi connectivity index (χ1n) is 3.88. The molecule has 3 nitrogen and oxygen atoms in total. The van der Waals surface area contributed by atoms with Gasteiger partial charge in [0.2, 0.25) is 0 Å². The normalized spacial score (nSPS) is 10.4. The van der Waals surface area contributed by atoms with Crippen LogP contribution in [0.4, 0.5) is 0 Å². The quantitative estimate of drug-likeness (QED) is 0.649. The van der Waals surface area contributed by atoms with Gasteiger partial charge in [0.15, 0.2) is 0 Å². The molecule has 0 bridgehead atoms. The fourth-order valence-corrected chi connectivity index (χ4v) is 1.04. The second-order valence-electron chi connectivity index (χ2n) is 2.39. The van der Waals surface area contributed by atoms with Gasteiger partial charge in [0.1, 0.15) is 0 Å². The molecule has 0 aliphatic heterocycles. The molecular formula is C8H14N2O. The third-order valence-corrected chi connectivity index (χ3v) is 1.67. The van der Waals surface area contributed by atoms with Crippen molar-refractivity contribution >= 4 is 0 Å². The van der Waals surface area contributed by atoms with E-state index in [0.29, 0.717) is 0 Å². The fourth-order valence-electron chi connectivity index (χ4n) is 1.04. The maximum absolute atomic E-state index is 4.95. The highest BCUT2D eigenvalue weighted by atomic mass is 16.5. The molecule has 0 aromatic carbocycles. The van der Waals surface area contributed by atoms with Gasteiger partial charge >= 0.3 is 0 Å². The maximum atomic E-state index is 4.95. The molecule has 11 heavy (non-hydrogen) atoms. The Bertz CT molecular complexity index is 208. The van der Waals surface area contributed by atoms with E-state index in [1.807, 2.05) is 16.9 Å². The minimum atomic E-state index is 0.731. The van der Waals surface area contributed by atoms with Gasteiger partial charge in [-0.3, -0.25) is 4.68 Å². The highest BCUT2D eigenvalue weighted by molar-refractivity contribution is 4.99. The van der Waals surface area contributed by atoms with Crippen molar-refractivity contribution in [3.63, 3.8) is 0 Å². The average molecular weight is 154 g/mol. The largest absolute Gasteiger partial charge is 0.383 e. The average Bonchev–Trinajstić information content (AvgIpc) is 2.47. The van der Waals surface area contributed by atoms with E-state index in [9.17, 15) is 0 Å². The number of rotatable bonds is 4. The lowest BCUT2D eigenvalue weighted by Gasteiger charge is -2.03. The molecule has 0 saturated heterocycles. The summed E-state index contributed by atoms with van der Waals surface area (Å²) in [5.74, 6) is 0. The Kier molecular flexibility index (Phi) is 3.11. The minimum Gasteiger partial charge on any atom is -0.383 e. The molecule has 1 heterocycles. The number of hydrogen-bond donors (Lipinski definition) is 0. The molecule has 3 heteroatoms. The molecule has 0 saturated carbocycles. The summed E-state index contributed by atoms with van der Waals surface area (Å²) in [5, 5.41) is 4.16. The summed E-state index contributed by atoms with van der Waals surface area (Å²) < 4.78 is 6.93. The molecule has 0 aliphatic carbocycles. The van der Waals surface area contributed by atoms with Crippen molar-refractivity contribution in [3.8, 4) is 0 Å². The third kappa shape index (κ3) is 2.05. The summed E-state index contributed by atoms with van der Waals surface area (Å²) in [5.41, 5.74) is 1.27. The first-order chi connectivity index (χ1) is 5.38. The van der Waals surface area contributed by atoms with Gasteiger partial charge in [-0.2, -0.15) is 5.10 Å². The summed E-state index contributed by atoms with van der Waals surface area (Å²) >= 11 is 0. The minimum absolute atomic E-state index is 0.731. The molecule has 0 atom stereocenters. The smallest absolute Gasteiger partial charge is 0.0658 e. The number of nitrogens with zero attached hydrogens (tertiary/aromatic N) is 2. The van der Waals surface area contributed by atoms with E-state index in [4.69, 9.17) is 4.74 Å². The standard InChI is InChI=1S/C8H14N2O/c1-3-8-4-5-9-10(8)6-7-11-2/h4-5H,3,6-7H2,1-2H3. The fraction of sp³-hybridized carbons (Fsp3) is 0.625. The number of aryl methyl sites for hydroxylation is 1. The van der Waals surface area contributed by atoms with Gasteiger partial charge in [-0.15, -0.1) is 0 Å². The number of methoxy groups -OCH3 is 1. The molecule has 0 aliphatic rings. The molecule has 1 aromatic rings. The first-order valence-corrected chi connectivity index (χ1v) is 3.88. The van der Waals surface area contributed by atoms with Crippen molar-refractivity contribution < 1.29 is 4.74 Å². The lowest BCUT2D eigenvalue weighted by Crippen LogP contribution is -2.08. The molecule has 62 valence electrons. The Hall–Kier alpha value is -0.830. The Morgan fingerprint density at radius 1 is 1.64 bits per heavy atom. The Morgan fingerprint density at radius 3 is 3.09 bits per heavy atom. The summed E-state index contributed by atoms with van der Waals surface area (Å²) in [6, 6.07) is 2.04. The SMILES string of the molecule is CCc1ccnn1CCOC. The number of ether oxygens (including phenoxy) is 1. The van der Waals surface area contributed by atoms with Gasteiger partial charge < -0.3 is 4.74 Å². The predicted molar refractivity (Wildman–Crippen MR) is 43.5 cm³/mol. The highest BCUT2D eigenvalue weighted by Gasteiger charge is 1.97. The van der Waals surface area contributed by atoms with Gasteiger partial charge in [-0.25, -0.2) is 0 Å². The monoisotopic (exact) mass is 154 g/mol. The molecule has 1 rings (SSSR count). The summed E-state index contributed by atoms with van der Waals surface area (Å²) in [4.78, 5) is 0. The van der Waals surface area contributed by atoms with Crippen LogP contribution in [0.3, 0.4) is 0 Å². The van der Waals surface area contributed by atoms with Gasteiger partial charge in [0.25, 0.3) is 0 Å². The summed E-state index contributed by atoms with van der Waals surface area (Å²) in [6.45, 7) is 3.71. The molecule has 1 aromatic heterocycles. The lowest BCUT2D eigenvalue weighted by molar-refractivity contribution is 0.182. The molecule has 0 unspecified atom stereocenters. The molecular weight excluding hydrogens is 140 g/mol. The van der Waals surface area contributed by atoms with E-state index in [1.165, 1.54) is 5.69 Å². The van der Waals surface area contributed by atoms with Crippen LogP contribution in [0.2, 0.25) is 0 Å². The Labute approximate surface area is 67.0 Å². The van der Waals surface area contributed by atoms with Gasteiger partial charge in [0.05, 0.1) is 13.2 Å². The van der Waals surface area contributed by atoms with Crippen LogP contribution >= 0.6 is 0 Å². The second-order valence-corrected chi connectivity index (χ2v) is 2.39. The van der Waals surface area contributed by atoms with Gasteiger partial charge in [0, 0.05) is 19.0 Å². The van der Waals surface area contributed by atoms with Crippen LogP contribution < -0.4 is 0 Å². The van der Waals surface area contributed by atoms with Crippen molar-refractivity contribution in [2.45, 2.75) is 19.9 Å². The van der Waals surface area contributed by atoms with Crippen LogP contribution in [-0.2, 0) is 17.7 Å². The van der Waals surface area contributed by atoms with Crippen molar-refractivity contribution in [3.05, 3.63) is 18.0 Å². The van der Waals surface area contributed by atoms with Crippen molar-refractivity contribution in [2.24, 2.45) is 0 Å². The highest BCUT2D eigenvalue weighted by Crippen LogP contribution is 1.98. The van der Waals surface area contributed by atoms with E-state index in [0.717, 1.165) is 19.6 Å². The van der Waals surface area contributed by atoms with Gasteiger partial charge in [-0.1, -0.05) is 6.92 Å². The topological polar surface area (TPSA) is 27.1 Å². The van der Waals surface area contributed by atoms with E-state index in [1.54, 1.807) is 7.11 Å². The molecule has 0 amide bonds. The van der Waals surface area contributed by atoms with Crippen molar-refractivity contribution in [1.29, 1.82) is 0 Å².